The van der Waals surface area contributed by atoms with E-state index in [0.29, 0.717) is 6.54 Å². The van der Waals surface area contributed by atoms with Crippen molar-refractivity contribution in [2.24, 2.45) is 5.73 Å². The van der Waals surface area contributed by atoms with Gasteiger partial charge < -0.3 is 5.73 Å². The molecule has 0 fully saturated rings. The third kappa shape index (κ3) is 2.60. The molecule has 0 spiro atoms. The second-order valence-electron chi connectivity index (χ2n) is 3.58. The van der Waals surface area contributed by atoms with Crippen molar-refractivity contribution in [1.29, 1.82) is 0 Å². The Morgan fingerprint density at radius 1 is 1.12 bits per heavy atom. The topological polar surface area (TPSA) is 38.9 Å². The van der Waals surface area contributed by atoms with Crippen molar-refractivity contribution in [2.45, 2.75) is 6.42 Å². The highest BCUT2D eigenvalue weighted by Gasteiger charge is 2.00. The van der Waals surface area contributed by atoms with E-state index in [1.54, 1.807) is 6.20 Å². The molecule has 0 bridgehead atoms. The number of hydrogen-bond donors (Lipinski definition) is 1. The highest BCUT2D eigenvalue weighted by molar-refractivity contribution is 6.30. The zero-order valence-corrected chi connectivity index (χ0v) is 9.61. The predicted octanol–water partition coefficient (Wildman–Crippen LogP) is 2.90. The Morgan fingerprint density at radius 2 is 1.94 bits per heavy atom. The largest absolute Gasteiger partial charge is 0.330 e. The van der Waals surface area contributed by atoms with Gasteiger partial charge in [0, 0.05) is 23.3 Å². The lowest BCUT2D eigenvalue weighted by Gasteiger charge is -2.04. The van der Waals surface area contributed by atoms with Crippen LogP contribution in [0.1, 0.15) is 5.69 Å². The number of nitrogens with two attached hydrogens (primary N) is 1. The molecular formula is C13H13ClN2. The van der Waals surface area contributed by atoms with Crippen LogP contribution in [0, 0.1) is 0 Å². The van der Waals surface area contributed by atoms with Crippen molar-refractivity contribution in [1.82, 2.24) is 4.98 Å². The number of benzene rings is 1. The van der Waals surface area contributed by atoms with Gasteiger partial charge in [-0.05, 0) is 41.9 Å². The Bertz CT molecular complexity index is 483. The average molecular weight is 233 g/mol. The zero-order chi connectivity index (χ0) is 11.4. The molecule has 1 heterocycles. The van der Waals surface area contributed by atoms with Gasteiger partial charge in [-0.15, -0.1) is 0 Å². The third-order valence-corrected chi connectivity index (χ3v) is 2.61. The van der Waals surface area contributed by atoms with Crippen molar-refractivity contribution >= 4 is 11.6 Å². The number of hydrogen-bond acceptors (Lipinski definition) is 2. The van der Waals surface area contributed by atoms with E-state index in [1.807, 2.05) is 30.3 Å². The average Bonchev–Trinajstić information content (AvgIpc) is 2.30. The van der Waals surface area contributed by atoms with Gasteiger partial charge in [0.2, 0.25) is 0 Å². The summed E-state index contributed by atoms with van der Waals surface area (Å²) in [7, 11) is 0. The number of pyridine rings is 1. The van der Waals surface area contributed by atoms with Crippen LogP contribution in [-0.2, 0) is 6.42 Å². The van der Waals surface area contributed by atoms with Crippen LogP contribution in [-0.4, -0.2) is 11.5 Å². The summed E-state index contributed by atoms with van der Waals surface area (Å²) >= 11 is 5.96. The van der Waals surface area contributed by atoms with Gasteiger partial charge >= 0.3 is 0 Å². The first-order valence-electron chi connectivity index (χ1n) is 5.20. The molecule has 0 unspecified atom stereocenters. The minimum absolute atomic E-state index is 0.617. The first-order valence-corrected chi connectivity index (χ1v) is 5.58. The first kappa shape index (κ1) is 11.1. The van der Waals surface area contributed by atoms with Crippen LogP contribution < -0.4 is 5.73 Å². The second kappa shape index (κ2) is 5.10. The molecule has 2 rings (SSSR count). The van der Waals surface area contributed by atoms with Crippen LogP contribution in [0.3, 0.4) is 0 Å². The van der Waals surface area contributed by atoms with E-state index in [1.165, 1.54) is 0 Å². The Morgan fingerprint density at radius 3 is 2.69 bits per heavy atom. The number of rotatable bonds is 3. The van der Waals surface area contributed by atoms with E-state index >= 15 is 0 Å². The molecule has 0 aliphatic heterocycles. The van der Waals surface area contributed by atoms with Gasteiger partial charge in [0.15, 0.2) is 0 Å². The number of aromatic nitrogens is 1. The molecule has 3 heteroatoms. The van der Waals surface area contributed by atoms with E-state index in [-0.39, 0.29) is 0 Å². The van der Waals surface area contributed by atoms with Crippen molar-refractivity contribution in [3.05, 3.63) is 53.3 Å². The third-order valence-electron chi connectivity index (χ3n) is 2.37. The van der Waals surface area contributed by atoms with Gasteiger partial charge in [-0.3, -0.25) is 4.98 Å². The summed E-state index contributed by atoms with van der Waals surface area (Å²) in [5, 5.41) is 0.745. The van der Waals surface area contributed by atoms with Gasteiger partial charge in [-0.1, -0.05) is 23.7 Å². The highest BCUT2D eigenvalue weighted by atomic mass is 35.5. The maximum atomic E-state index is 5.96. The van der Waals surface area contributed by atoms with E-state index in [4.69, 9.17) is 17.3 Å². The Labute approximate surface area is 100 Å². The second-order valence-corrected chi connectivity index (χ2v) is 4.02. The standard InChI is InChI=1S/C13H13ClN2/c14-12-3-1-2-10(8-12)11-5-7-16-13(9-11)4-6-15/h1-3,5,7-9H,4,6,15H2. The molecule has 1 aromatic carbocycles. The molecule has 82 valence electrons. The zero-order valence-electron chi connectivity index (χ0n) is 8.86. The molecule has 0 amide bonds. The fourth-order valence-corrected chi connectivity index (χ4v) is 1.80. The lowest BCUT2D eigenvalue weighted by atomic mass is 10.1. The number of halogens is 1. The van der Waals surface area contributed by atoms with Crippen LogP contribution in [0.5, 0.6) is 0 Å². The van der Waals surface area contributed by atoms with Crippen molar-refractivity contribution in [3.63, 3.8) is 0 Å². The Kier molecular flexibility index (Phi) is 3.54. The summed E-state index contributed by atoms with van der Waals surface area (Å²) in [5.41, 5.74) is 8.76. The molecule has 2 N–H and O–H groups in total. The van der Waals surface area contributed by atoms with Gasteiger partial charge in [-0.2, -0.15) is 0 Å². The van der Waals surface area contributed by atoms with E-state index < -0.39 is 0 Å². The van der Waals surface area contributed by atoms with E-state index in [0.717, 1.165) is 28.3 Å². The molecule has 2 aromatic rings. The molecule has 1 aromatic heterocycles. The lowest BCUT2D eigenvalue weighted by molar-refractivity contribution is 0.924. The van der Waals surface area contributed by atoms with Crippen LogP contribution in [0.15, 0.2) is 42.6 Å². The number of nitrogens with zero attached hydrogens (tertiary/aromatic N) is 1. The smallest absolute Gasteiger partial charge is 0.0422 e. The minimum atomic E-state index is 0.617. The maximum absolute atomic E-state index is 5.96. The summed E-state index contributed by atoms with van der Waals surface area (Å²) in [5.74, 6) is 0. The van der Waals surface area contributed by atoms with Crippen LogP contribution in [0.25, 0.3) is 11.1 Å². The molecule has 2 nitrogen and oxygen atoms in total. The highest BCUT2D eigenvalue weighted by Crippen LogP contribution is 2.22. The maximum Gasteiger partial charge on any atom is 0.0422 e. The monoisotopic (exact) mass is 232 g/mol. The predicted molar refractivity (Wildman–Crippen MR) is 67.4 cm³/mol. The van der Waals surface area contributed by atoms with Crippen molar-refractivity contribution in [3.8, 4) is 11.1 Å². The summed E-state index contributed by atoms with van der Waals surface area (Å²) in [4.78, 5) is 4.26. The van der Waals surface area contributed by atoms with Gasteiger partial charge in [0.1, 0.15) is 0 Å². The van der Waals surface area contributed by atoms with E-state index in [2.05, 4.69) is 11.1 Å². The Balaban J connectivity index is 2.36. The quantitative estimate of drug-likeness (QED) is 0.884. The summed E-state index contributed by atoms with van der Waals surface area (Å²) < 4.78 is 0. The molecular weight excluding hydrogens is 220 g/mol. The van der Waals surface area contributed by atoms with Gasteiger partial charge in [0.25, 0.3) is 0 Å². The summed E-state index contributed by atoms with van der Waals surface area (Å²) in [6.45, 7) is 0.617. The van der Waals surface area contributed by atoms with Crippen LogP contribution >= 0.6 is 11.6 Å². The molecule has 0 aliphatic carbocycles. The first-order chi connectivity index (χ1) is 7.79. The molecule has 0 radical (unpaired) electrons. The fraction of sp³-hybridized carbons (Fsp3) is 0.154. The SMILES string of the molecule is NCCc1cc(-c2cccc(Cl)c2)ccn1. The van der Waals surface area contributed by atoms with Gasteiger partial charge in [0.05, 0.1) is 0 Å². The van der Waals surface area contributed by atoms with Crippen LogP contribution in [0.2, 0.25) is 5.02 Å². The van der Waals surface area contributed by atoms with Crippen LogP contribution in [0.4, 0.5) is 0 Å². The molecule has 0 saturated heterocycles. The molecule has 0 atom stereocenters. The normalized spacial score (nSPS) is 10.4. The van der Waals surface area contributed by atoms with Gasteiger partial charge in [-0.25, -0.2) is 0 Å². The molecule has 16 heavy (non-hydrogen) atoms. The van der Waals surface area contributed by atoms with Crippen molar-refractivity contribution in [2.75, 3.05) is 6.54 Å². The molecule has 0 saturated carbocycles. The van der Waals surface area contributed by atoms with E-state index in [9.17, 15) is 0 Å². The summed E-state index contributed by atoms with van der Waals surface area (Å²) in [6, 6.07) is 11.8. The molecule has 0 aliphatic rings. The lowest BCUT2D eigenvalue weighted by Crippen LogP contribution is -2.04. The Hall–Kier alpha value is -1.38. The fourth-order valence-electron chi connectivity index (χ4n) is 1.61. The minimum Gasteiger partial charge on any atom is -0.330 e. The summed E-state index contributed by atoms with van der Waals surface area (Å²) in [6.07, 6.45) is 2.61. The van der Waals surface area contributed by atoms with Crippen molar-refractivity contribution < 1.29 is 0 Å².